The molecular formula is C19H21N5O. The zero-order valence-electron chi connectivity index (χ0n) is 14.1. The molecule has 0 spiro atoms. The maximum absolute atomic E-state index is 12.4. The quantitative estimate of drug-likeness (QED) is 0.796. The molecule has 2 aromatic heterocycles. The van der Waals surface area contributed by atoms with Gasteiger partial charge in [-0.05, 0) is 36.8 Å². The molecule has 1 amide bonds. The lowest BCUT2D eigenvalue weighted by Gasteiger charge is -2.27. The van der Waals surface area contributed by atoms with Gasteiger partial charge in [-0.25, -0.2) is 9.97 Å². The first-order chi connectivity index (χ1) is 12.3. The van der Waals surface area contributed by atoms with E-state index in [2.05, 4.69) is 20.2 Å². The van der Waals surface area contributed by atoms with Crippen LogP contribution in [0.4, 0.5) is 11.6 Å². The number of aromatic nitrogens is 3. The fraction of sp³-hybridized carbons (Fsp3) is 0.316. The minimum absolute atomic E-state index is 0.0929. The third-order valence-corrected chi connectivity index (χ3v) is 4.59. The molecule has 0 atom stereocenters. The fourth-order valence-electron chi connectivity index (χ4n) is 3.33. The van der Waals surface area contributed by atoms with Crippen molar-refractivity contribution in [1.82, 2.24) is 14.5 Å². The van der Waals surface area contributed by atoms with E-state index in [0.717, 1.165) is 29.8 Å². The monoisotopic (exact) mass is 335 g/mol. The van der Waals surface area contributed by atoms with Crippen LogP contribution >= 0.6 is 0 Å². The van der Waals surface area contributed by atoms with Crippen LogP contribution in [0, 0.1) is 0 Å². The lowest BCUT2D eigenvalue weighted by atomic mass is 10.1. The van der Waals surface area contributed by atoms with Gasteiger partial charge in [0.05, 0.1) is 0 Å². The number of anilines is 2. The van der Waals surface area contributed by atoms with E-state index in [0.29, 0.717) is 5.82 Å². The molecule has 1 aliphatic heterocycles. The maximum atomic E-state index is 12.4. The van der Waals surface area contributed by atoms with Crippen LogP contribution in [0.3, 0.4) is 0 Å². The lowest BCUT2D eigenvalue weighted by Crippen LogP contribution is -2.30. The first-order valence-electron chi connectivity index (χ1n) is 8.70. The van der Waals surface area contributed by atoms with E-state index >= 15 is 0 Å². The van der Waals surface area contributed by atoms with E-state index in [9.17, 15) is 4.79 Å². The molecule has 0 radical (unpaired) electrons. The van der Waals surface area contributed by atoms with E-state index in [1.807, 2.05) is 47.2 Å². The SMILES string of the molecule is O=C(Cn1ccc2ccccc21)Nc1cc(N2CCCCC2)ncn1. The number of rotatable bonds is 4. The molecule has 0 saturated carbocycles. The molecule has 1 fully saturated rings. The minimum Gasteiger partial charge on any atom is -0.356 e. The molecule has 3 heterocycles. The largest absolute Gasteiger partial charge is 0.356 e. The number of hydrogen-bond donors (Lipinski definition) is 1. The minimum atomic E-state index is -0.0929. The third-order valence-electron chi connectivity index (χ3n) is 4.59. The van der Waals surface area contributed by atoms with Crippen molar-refractivity contribution in [3.63, 3.8) is 0 Å². The van der Waals surface area contributed by atoms with Crippen molar-refractivity contribution < 1.29 is 4.79 Å². The van der Waals surface area contributed by atoms with E-state index in [-0.39, 0.29) is 12.5 Å². The van der Waals surface area contributed by atoms with Gasteiger partial charge >= 0.3 is 0 Å². The number of benzene rings is 1. The molecule has 0 aliphatic carbocycles. The van der Waals surface area contributed by atoms with Gasteiger partial charge < -0.3 is 14.8 Å². The number of carbonyl (C=O) groups excluding carboxylic acids is 1. The highest BCUT2D eigenvalue weighted by Gasteiger charge is 2.14. The summed E-state index contributed by atoms with van der Waals surface area (Å²) < 4.78 is 1.94. The number of hydrogen-bond acceptors (Lipinski definition) is 4. The summed E-state index contributed by atoms with van der Waals surface area (Å²) in [7, 11) is 0. The van der Waals surface area contributed by atoms with Crippen LogP contribution in [-0.2, 0) is 11.3 Å². The summed E-state index contributed by atoms with van der Waals surface area (Å²) in [5.41, 5.74) is 1.05. The molecule has 1 N–H and O–H groups in total. The summed E-state index contributed by atoms with van der Waals surface area (Å²) in [4.78, 5) is 23.2. The zero-order valence-corrected chi connectivity index (χ0v) is 14.1. The fourth-order valence-corrected chi connectivity index (χ4v) is 3.33. The number of fused-ring (bicyclic) bond motifs is 1. The first kappa shape index (κ1) is 15.6. The average Bonchev–Trinajstić information content (AvgIpc) is 3.06. The lowest BCUT2D eigenvalue weighted by molar-refractivity contribution is -0.116. The van der Waals surface area contributed by atoms with Crippen LogP contribution in [0.1, 0.15) is 19.3 Å². The van der Waals surface area contributed by atoms with Crippen LogP contribution in [0.2, 0.25) is 0 Å². The second kappa shape index (κ2) is 6.93. The summed E-state index contributed by atoms with van der Waals surface area (Å²) >= 11 is 0. The van der Waals surface area contributed by atoms with Gasteiger partial charge in [0, 0.05) is 30.9 Å². The predicted octanol–water partition coefficient (Wildman–Crippen LogP) is 3.06. The molecule has 1 saturated heterocycles. The van der Waals surface area contributed by atoms with E-state index < -0.39 is 0 Å². The number of carbonyl (C=O) groups is 1. The van der Waals surface area contributed by atoms with Crippen LogP contribution in [0.15, 0.2) is 48.9 Å². The summed E-state index contributed by atoms with van der Waals surface area (Å²) in [5, 5.41) is 4.02. The van der Waals surface area contributed by atoms with Crippen LogP contribution in [0.5, 0.6) is 0 Å². The van der Waals surface area contributed by atoms with Crippen molar-refractivity contribution in [2.45, 2.75) is 25.8 Å². The highest BCUT2D eigenvalue weighted by Crippen LogP contribution is 2.19. The molecule has 1 aliphatic rings. The van der Waals surface area contributed by atoms with Gasteiger partial charge in [-0.3, -0.25) is 4.79 Å². The van der Waals surface area contributed by atoms with Gasteiger partial charge in [0.2, 0.25) is 5.91 Å². The Morgan fingerprint density at radius 2 is 1.92 bits per heavy atom. The molecule has 1 aromatic carbocycles. The van der Waals surface area contributed by atoms with Gasteiger partial charge in [-0.2, -0.15) is 0 Å². The Balaban J connectivity index is 1.45. The average molecular weight is 335 g/mol. The highest BCUT2D eigenvalue weighted by atomic mass is 16.2. The Hall–Kier alpha value is -2.89. The Kier molecular flexibility index (Phi) is 4.33. The van der Waals surface area contributed by atoms with Gasteiger partial charge in [0.1, 0.15) is 24.5 Å². The van der Waals surface area contributed by atoms with E-state index in [1.54, 1.807) is 0 Å². The maximum Gasteiger partial charge on any atom is 0.245 e. The van der Waals surface area contributed by atoms with Crippen molar-refractivity contribution >= 4 is 28.4 Å². The molecule has 0 unspecified atom stereocenters. The number of nitrogens with one attached hydrogen (secondary N) is 1. The molecule has 4 rings (SSSR count). The Morgan fingerprint density at radius 3 is 2.80 bits per heavy atom. The van der Waals surface area contributed by atoms with Crippen molar-refractivity contribution in [2.24, 2.45) is 0 Å². The van der Waals surface area contributed by atoms with Crippen molar-refractivity contribution in [1.29, 1.82) is 0 Å². The number of para-hydroxylation sites is 1. The van der Waals surface area contributed by atoms with Gasteiger partial charge in [-0.15, -0.1) is 0 Å². The van der Waals surface area contributed by atoms with Crippen LogP contribution < -0.4 is 10.2 Å². The van der Waals surface area contributed by atoms with Crippen LogP contribution in [-0.4, -0.2) is 33.5 Å². The third kappa shape index (κ3) is 3.47. The smallest absolute Gasteiger partial charge is 0.245 e. The number of piperidine rings is 1. The van der Waals surface area contributed by atoms with Crippen molar-refractivity contribution in [3.05, 3.63) is 48.9 Å². The highest BCUT2D eigenvalue weighted by molar-refractivity contribution is 5.91. The summed E-state index contributed by atoms with van der Waals surface area (Å²) in [5.74, 6) is 1.35. The molecular weight excluding hydrogens is 314 g/mol. The van der Waals surface area contributed by atoms with E-state index in [1.165, 1.54) is 25.6 Å². The predicted molar refractivity (Wildman–Crippen MR) is 98.7 cm³/mol. The summed E-state index contributed by atoms with van der Waals surface area (Å²) in [6.45, 7) is 2.29. The molecule has 3 aromatic rings. The van der Waals surface area contributed by atoms with Crippen LogP contribution in [0.25, 0.3) is 10.9 Å². The van der Waals surface area contributed by atoms with E-state index in [4.69, 9.17) is 0 Å². The topological polar surface area (TPSA) is 63.1 Å². The summed E-state index contributed by atoms with van der Waals surface area (Å²) in [6, 6.07) is 11.9. The second-order valence-electron chi connectivity index (χ2n) is 6.36. The standard InChI is InChI=1S/C19H21N5O/c25-19(13-24-11-8-15-6-2-3-7-16(15)24)22-17-12-18(21-14-20-17)23-9-4-1-5-10-23/h2-3,6-8,11-12,14H,1,4-5,9-10,13H2,(H,20,21,22,25). The zero-order chi connectivity index (χ0) is 17.1. The Morgan fingerprint density at radius 1 is 1.08 bits per heavy atom. The molecule has 6 nitrogen and oxygen atoms in total. The van der Waals surface area contributed by atoms with Gasteiger partial charge in [0.25, 0.3) is 0 Å². The first-order valence-corrected chi connectivity index (χ1v) is 8.70. The Labute approximate surface area is 146 Å². The second-order valence-corrected chi connectivity index (χ2v) is 6.36. The van der Waals surface area contributed by atoms with Crippen molar-refractivity contribution in [3.8, 4) is 0 Å². The number of amides is 1. The molecule has 0 bridgehead atoms. The normalized spacial score (nSPS) is 14.6. The molecule has 6 heteroatoms. The number of nitrogens with zero attached hydrogens (tertiary/aromatic N) is 4. The van der Waals surface area contributed by atoms with Gasteiger partial charge in [0.15, 0.2) is 0 Å². The van der Waals surface area contributed by atoms with Gasteiger partial charge in [-0.1, -0.05) is 18.2 Å². The molecule has 128 valence electrons. The Bertz CT molecular complexity index is 882. The molecule has 25 heavy (non-hydrogen) atoms. The summed E-state index contributed by atoms with van der Waals surface area (Å²) in [6.07, 6.45) is 7.10. The van der Waals surface area contributed by atoms with Crippen molar-refractivity contribution in [2.75, 3.05) is 23.3 Å².